The van der Waals surface area contributed by atoms with E-state index >= 15 is 0 Å². The predicted octanol–water partition coefficient (Wildman–Crippen LogP) is 3.47. The Hall–Kier alpha value is -2.16. The number of hydrogen-bond acceptors (Lipinski definition) is 3. The van der Waals surface area contributed by atoms with Gasteiger partial charge in [-0.3, -0.25) is 0 Å². The molecular weight excluding hydrogens is 240 g/mol. The third-order valence-corrected chi connectivity index (χ3v) is 3.52. The summed E-state index contributed by atoms with van der Waals surface area (Å²) in [5, 5.41) is 9.78. The summed E-state index contributed by atoms with van der Waals surface area (Å²) < 4.78 is 11.1. The van der Waals surface area contributed by atoms with E-state index in [0.29, 0.717) is 5.75 Å². The Labute approximate surface area is 112 Å². The van der Waals surface area contributed by atoms with Gasteiger partial charge in [-0.25, -0.2) is 0 Å². The molecule has 98 valence electrons. The number of rotatable bonds is 2. The number of phenolic OH excluding ortho intramolecular Hbond substituents is 1. The van der Waals surface area contributed by atoms with Gasteiger partial charge in [-0.15, -0.1) is 0 Å². The largest absolute Gasteiger partial charge is 0.508 e. The van der Waals surface area contributed by atoms with E-state index in [1.165, 1.54) is 0 Å². The predicted molar refractivity (Wildman–Crippen MR) is 72.8 cm³/mol. The summed E-state index contributed by atoms with van der Waals surface area (Å²) in [6.07, 6.45) is 1.75. The van der Waals surface area contributed by atoms with Crippen LogP contribution in [0.4, 0.5) is 0 Å². The first-order chi connectivity index (χ1) is 9.28. The van der Waals surface area contributed by atoms with Gasteiger partial charge in [0, 0.05) is 5.56 Å². The van der Waals surface area contributed by atoms with Gasteiger partial charge < -0.3 is 14.6 Å². The van der Waals surface area contributed by atoms with E-state index in [-0.39, 0.29) is 6.10 Å². The van der Waals surface area contributed by atoms with Crippen LogP contribution < -0.4 is 9.47 Å². The van der Waals surface area contributed by atoms with Crippen LogP contribution in [0.25, 0.3) is 0 Å². The van der Waals surface area contributed by atoms with Crippen LogP contribution in [0.5, 0.6) is 17.2 Å². The van der Waals surface area contributed by atoms with Gasteiger partial charge in [-0.05, 0) is 42.7 Å². The second-order valence-corrected chi connectivity index (χ2v) is 4.67. The molecule has 0 saturated heterocycles. The molecule has 0 radical (unpaired) electrons. The molecule has 0 aliphatic carbocycles. The van der Waals surface area contributed by atoms with Crippen LogP contribution in [0.1, 0.15) is 23.7 Å². The molecule has 1 unspecified atom stereocenters. The minimum absolute atomic E-state index is 0.0419. The molecule has 19 heavy (non-hydrogen) atoms. The Morgan fingerprint density at radius 1 is 1.16 bits per heavy atom. The summed E-state index contributed by atoms with van der Waals surface area (Å²) in [5.74, 6) is 1.95. The molecule has 0 spiro atoms. The molecule has 3 heteroatoms. The molecule has 1 aliphatic heterocycles. The zero-order valence-corrected chi connectivity index (χ0v) is 10.8. The summed E-state index contributed by atoms with van der Waals surface area (Å²) in [4.78, 5) is 0. The van der Waals surface area contributed by atoms with Crippen LogP contribution in [-0.4, -0.2) is 12.2 Å². The molecule has 0 fully saturated rings. The highest BCUT2D eigenvalue weighted by Crippen LogP contribution is 2.39. The Morgan fingerprint density at radius 3 is 2.68 bits per heavy atom. The second-order valence-electron chi connectivity index (χ2n) is 4.67. The minimum Gasteiger partial charge on any atom is -0.508 e. The van der Waals surface area contributed by atoms with Crippen LogP contribution >= 0.6 is 0 Å². The Bertz CT molecular complexity index is 575. The lowest BCUT2D eigenvalue weighted by Crippen LogP contribution is -2.15. The zero-order chi connectivity index (χ0) is 13.2. The molecule has 0 amide bonds. The number of methoxy groups -OCH3 is 1. The molecule has 1 atom stereocenters. The maximum Gasteiger partial charge on any atom is 0.127 e. The highest BCUT2D eigenvalue weighted by Gasteiger charge is 2.23. The summed E-state index contributed by atoms with van der Waals surface area (Å²) >= 11 is 0. The van der Waals surface area contributed by atoms with Crippen LogP contribution in [0.2, 0.25) is 0 Å². The first-order valence-electron chi connectivity index (χ1n) is 6.39. The molecule has 1 aliphatic rings. The average molecular weight is 256 g/mol. The van der Waals surface area contributed by atoms with Crippen molar-refractivity contribution in [3.63, 3.8) is 0 Å². The number of ether oxygens (including phenoxy) is 2. The van der Waals surface area contributed by atoms with Crippen molar-refractivity contribution in [2.75, 3.05) is 7.11 Å². The molecule has 0 bridgehead atoms. The fourth-order valence-electron chi connectivity index (χ4n) is 2.46. The van der Waals surface area contributed by atoms with Gasteiger partial charge in [-0.2, -0.15) is 0 Å². The highest BCUT2D eigenvalue weighted by molar-refractivity contribution is 5.46. The molecule has 2 aromatic rings. The van der Waals surface area contributed by atoms with Crippen molar-refractivity contribution in [1.29, 1.82) is 0 Å². The summed E-state index contributed by atoms with van der Waals surface area (Å²) in [7, 11) is 1.66. The first kappa shape index (κ1) is 11.9. The van der Waals surface area contributed by atoms with E-state index in [4.69, 9.17) is 9.47 Å². The lowest BCUT2D eigenvalue weighted by molar-refractivity contribution is 0.174. The van der Waals surface area contributed by atoms with Crippen LogP contribution in [0, 0.1) is 0 Å². The van der Waals surface area contributed by atoms with Crippen LogP contribution in [-0.2, 0) is 6.42 Å². The minimum atomic E-state index is 0.0419. The van der Waals surface area contributed by atoms with Gasteiger partial charge in [0.25, 0.3) is 0 Å². The number of fused-ring (bicyclic) bond motifs is 1. The van der Waals surface area contributed by atoms with E-state index in [1.807, 2.05) is 36.4 Å². The van der Waals surface area contributed by atoms with Gasteiger partial charge in [0.2, 0.25) is 0 Å². The van der Waals surface area contributed by atoms with Gasteiger partial charge in [0.15, 0.2) is 0 Å². The molecule has 0 saturated carbocycles. The second kappa shape index (κ2) is 4.84. The molecule has 3 rings (SSSR count). The molecular formula is C16H16O3. The van der Waals surface area contributed by atoms with E-state index < -0.39 is 0 Å². The maximum atomic E-state index is 9.78. The Kier molecular flexibility index (Phi) is 3.03. The van der Waals surface area contributed by atoms with Gasteiger partial charge in [-0.1, -0.05) is 18.2 Å². The highest BCUT2D eigenvalue weighted by atomic mass is 16.5. The van der Waals surface area contributed by atoms with Gasteiger partial charge in [0.1, 0.15) is 23.4 Å². The van der Waals surface area contributed by atoms with Crippen molar-refractivity contribution in [3.8, 4) is 17.2 Å². The van der Waals surface area contributed by atoms with Crippen molar-refractivity contribution in [3.05, 3.63) is 53.6 Å². The SMILES string of the molecule is COc1ccc(C2CCc3c(O)cccc3O2)cc1. The molecule has 3 nitrogen and oxygen atoms in total. The molecule has 1 N–H and O–H groups in total. The number of phenols is 1. The lowest BCUT2D eigenvalue weighted by Gasteiger charge is -2.26. The standard InChI is InChI=1S/C16H16O3/c1-18-12-7-5-11(6-8-12)15-10-9-13-14(17)3-2-4-16(13)19-15/h2-8,15,17H,9-10H2,1H3. The topological polar surface area (TPSA) is 38.7 Å². The third kappa shape index (κ3) is 2.24. The number of benzene rings is 2. The fourth-order valence-corrected chi connectivity index (χ4v) is 2.46. The Morgan fingerprint density at radius 2 is 1.95 bits per heavy atom. The number of hydrogen-bond donors (Lipinski definition) is 1. The van der Waals surface area contributed by atoms with Crippen molar-refractivity contribution >= 4 is 0 Å². The Balaban J connectivity index is 1.85. The fraction of sp³-hybridized carbons (Fsp3) is 0.250. The normalized spacial score (nSPS) is 17.4. The van der Waals surface area contributed by atoms with E-state index in [9.17, 15) is 5.11 Å². The smallest absolute Gasteiger partial charge is 0.127 e. The molecule has 2 aromatic carbocycles. The van der Waals surface area contributed by atoms with E-state index in [2.05, 4.69) is 0 Å². The summed E-state index contributed by atoms with van der Waals surface area (Å²) in [6.45, 7) is 0. The third-order valence-electron chi connectivity index (χ3n) is 3.52. The first-order valence-corrected chi connectivity index (χ1v) is 6.39. The summed E-state index contributed by atoms with van der Waals surface area (Å²) in [6, 6.07) is 13.4. The van der Waals surface area contributed by atoms with Crippen molar-refractivity contribution < 1.29 is 14.6 Å². The molecule has 0 aromatic heterocycles. The van der Waals surface area contributed by atoms with Crippen molar-refractivity contribution in [2.45, 2.75) is 18.9 Å². The monoisotopic (exact) mass is 256 g/mol. The van der Waals surface area contributed by atoms with Crippen molar-refractivity contribution in [1.82, 2.24) is 0 Å². The van der Waals surface area contributed by atoms with Crippen LogP contribution in [0.15, 0.2) is 42.5 Å². The average Bonchev–Trinajstić information content (AvgIpc) is 2.47. The number of aromatic hydroxyl groups is 1. The quantitative estimate of drug-likeness (QED) is 0.894. The lowest BCUT2D eigenvalue weighted by atomic mass is 9.97. The zero-order valence-electron chi connectivity index (χ0n) is 10.8. The summed E-state index contributed by atoms with van der Waals surface area (Å²) in [5.41, 5.74) is 2.04. The maximum absolute atomic E-state index is 9.78. The van der Waals surface area contributed by atoms with E-state index in [1.54, 1.807) is 13.2 Å². The van der Waals surface area contributed by atoms with Crippen molar-refractivity contribution in [2.24, 2.45) is 0 Å². The van der Waals surface area contributed by atoms with Gasteiger partial charge in [0.05, 0.1) is 7.11 Å². The van der Waals surface area contributed by atoms with Crippen LogP contribution in [0.3, 0.4) is 0 Å². The molecule has 1 heterocycles. The van der Waals surface area contributed by atoms with Gasteiger partial charge >= 0.3 is 0 Å². The van der Waals surface area contributed by atoms with E-state index in [0.717, 1.165) is 35.5 Å².